The van der Waals surface area contributed by atoms with E-state index in [9.17, 15) is 19.5 Å². The van der Waals surface area contributed by atoms with Crippen molar-refractivity contribution >= 4 is 17.7 Å². The zero-order valence-electron chi connectivity index (χ0n) is 21.2. The maximum atomic E-state index is 14.5. The molecular formula is C29H34O6. The van der Waals surface area contributed by atoms with Crippen molar-refractivity contribution in [3.05, 3.63) is 59.2 Å². The van der Waals surface area contributed by atoms with Crippen LogP contribution in [0.3, 0.4) is 0 Å². The van der Waals surface area contributed by atoms with Crippen molar-refractivity contribution in [2.24, 2.45) is 34.5 Å². The van der Waals surface area contributed by atoms with Crippen molar-refractivity contribution in [1.29, 1.82) is 0 Å². The quantitative estimate of drug-likeness (QED) is 0.515. The van der Waals surface area contributed by atoms with Crippen LogP contribution < -0.4 is 0 Å². The molecule has 2 bridgehead atoms. The second kappa shape index (κ2) is 7.63. The number of esters is 2. The Morgan fingerprint density at radius 3 is 2.29 bits per heavy atom. The lowest BCUT2D eigenvalue weighted by Crippen LogP contribution is -2.66. The Morgan fingerprint density at radius 1 is 1.03 bits per heavy atom. The fraction of sp³-hybridized carbons (Fsp3) is 0.552. The van der Waals surface area contributed by atoms with E-state index in [1.54, 1.807) is 44.2 Å². The minimum Gasteiger partial charge on any atom is -0.455 e. The summed E-state index contributed by atoms with van der Waals surface area (Å²) >= 11 is 0. The van der Waals surface area contributed by atoms with Gasteiger partial charge >= 0.3 is 11.9 Å². The molecule has 0 aromatic heterocycles. The van der Waals surface area contributed by atoms with Crippen molar-refractivity contribution in [2.75, 3.05) is 0 Å². The van der Waals surface area contributed by atoms with Crippen molar-refractivity contribution in [2.45, 2.75) is 65.8 Å². The van der Waals surface area contributed by atoms with Crippen LogP contribution in [0.25, 0.3) is 0 Å². The summed E-state index contributed by atoms with van der Waals surface area (Å²) in [5.74, 6) is -1.39. The van der Waals surface area contributed by atoms with Gasteiger partial charge in [0.15, 0.2) is 23.6 Å². The number of hydrogen-bond acceptors (Lipinski definition) is 6. The molecule has 1 N–H and O–H groups in total. The minimum absolute atomic E-state index is 0.0122. The van der Waals surface area contributed by atoms with E-state index in [4.69, 9.17) is 9.47 Å². The van der Waals surface area contributed by atoms with Gasteiger partial charge in [-0.05, 0) is 66.7 Å². The summed E-state index contributed by atoms with van der Waals surface area (Å²) in [6.45, 7) is 11.2. The molecule has 0 heterocycles. The summed E-state index contributed by atoms with van der Waals surface area (Å²) in [5, 5.41) is 12.7. The van der Waals surface area contributed by atoms with Crippen molar-refractivity contribution < 1.29 is 29.0 Å². The number of fused-ring (bicyclic) bond motifs is 3. The first-order chi connectivity index (χ1) is 16.4. The molecule has 1 spiro atoms. The van der Waals surface area contributed by atoms with Gasteiger partial charge in [0, 0.05) is 12.8 Å². The van der Waals surface area contributed by atoms with Crippen LogP contribution >= 0.6 is 0 Å². The first kappa shape index (κ1) is 24.0. The Hall–Kier alpha value is -2.73. The van der Waals surface area contributed by atoms with Crippen molar-refractivity contribution in [3.63, 3.8) is 0 Å². The molecule has 6 nitrogen and oxygen atoms in total. The largest absolute Gasteiger partial charge is 0.455 e. The average molecular weight is 479 g/mol. The molecule has 4 aliphatic rings. The smallest absolute Gasteiger partial charge is 0.338 e. The molecule has 0 aliphatic heterocycles. The van der Waals surface area contributed by atoms with E-state index in [-0.39, 0.29) is 23.0 Å². The van der Waals surface area contributed by atoms with Crippen LogP contribution in [0, 0.1) is 34.5 Å². The highest BCUT2D eigenvalue weighted by Gasteiger charge is 2.77. The Bertz CT molecular complexity index is 1160. The number of rotatable bonds is 3. The number of Topliss-reactive ketones (excluding diaryl/α,β-unsaturated/α-hetero) is 1. The standard InChI is InChI=1S/C29H34O6/c1-15-12-20-22-21(27(22,5)6)13-17(3)28(23(20)31)14-16(2)25(34-18(4)30)29(28,33)24(15)35-26(32)19-10-8-7-9-11-19/h7-12,14,17,20-22,24-25,33H,13H2,1-6H3/t17-,20+,21-,22+,24+,25-,28+,29+/m1/s1. The van der Waals surface area contributed by atoms with E-state index in [1.807, 2.05) is 19.1 Å². The second-order valence-corrected chi connectivity index (χ2v) is 11.6. The predicted molar refractivity (Wildman–Crippen MR) is 129 cm³/mol. The van der Waals surface area contributed by atoms with Crippen LogP contribution in [0.15, 0.2) is 53.6 Å². The molecule has 5 rings (SSSR count). The van der Waals surface area contributed by atoms with Crippen LogP contribution in [-0.4, -0.2) is 40.6 Å². The topological polar surface area (TPSA) is 89.9 Å². The van der Waals surface area contributed by atoms with Gasteiger partial charge in [0.25, 0.3) is 0 Å². The van der Waals surface area contributed by atoms with Crippen LogP contribution in [0.2, 0.25) is 0 Å². The molecule has 2 saturated carbocycles. The number of carbonyl (C=O) groups is 3. The lowest BCUT2D eigenvalue weighted by atomic mass is 9.59. The number of aliphatic hydroxyl groups is 1. The van der Waals surface area contributed by atoms with Gasteiger partial charge < -0.3 is 14.6 Å². The first-order valence-electron chi connectivity index (χ1n) is 12.4. The summed E-state index contributed by atoms with van der Waals surface area (Å²) in [6.07, 6.45) is 2.20. The molecule has 1 aromatic carbocycles. The highest BCUT2D eigenvalue weighted by Crippen LogP contribution is 2.71. The average Bonchev–Trinajstić information content (AvgIpc) is 3.29. The van der Waals surface area contributed by atoms with Gasteiger partial charge in [0.2, 0.25) is 0 Å². The summed E-state index contributed by atoms with van der Waals surface area (Å²) in [7, 11) is 0. The van der Waals surface area contributed by atoms with E-state index in [1.165, 1.54) is 6.92 Å². The van der Waals surface area contributed by atoms with E-state index in [0.29, 0.717) is 22.6 Å². The van der Waals surface area contributed by atoms with Crippen molar-refractivity contribution in [3.8, 4) is 0 Å². The van der Waals surface area contributed by atoms with Gasteiger partial charge in [-0.25, -0.2) is 4.79 Å². The SMILES string of the molecule is CC(=O)O[C@@H]1C(C)=C[C@]23C(=O)[C@@H](C=C(C)[C@H](OC(=O)c4ccccc4)[C@]12O)[C@H]1[C@@H](C[C@H]3C)C1(C)C. The predicted octanol–water partition coefficient (Wildman–Crippen LogP) is 4.28. The Balaban J connectivity index is 1.71. The van der Waals surface area contributed by atoms with Crippen LogP contribution in [0.4, 0.5) is 0 Å². The maximum Gasteiger partial charge on any atom is 0.338 e. The number of carbonyl (C=O) groups excluding carboxylic acids is 3. The molecule has 0 radical (unpaired) electrons. The third kappa shape index (κ3) is 3.08. The van der Waals surface area contributed by atoms with Gasteiger partial charge in [-0.3, -0.25) is 9.59 Å². The Labute approximate surface area is 206 Å². The number of hydrogen-bond donors (Lipinski definition) is 1. The number of ether oxygens (including phenoxy) is 2. The molecule has 8 atom stereocenters. The molecule has 4 aliphatic carbocycles. The summed E-state index contributed by atoms with van der Waals surface area (Å²) < 4.78 is 11.7. The van der Waals surface area contributed by atoms with Gasteiger partial charge in [0.05, 0.1) is 11.0 Å². The molecule has 186 valence electrons. The molecule has 2 fully saturated rings. The molecule has 1 aromatic rings. The summed E-state index contributed by atoms with van der Waals surface area (Å²) in [5.41, 5.74) is -1.74. The van der Waals surface area contributed by atoms with Crippen LogP contribution in [0.5, 0.6) is 0 Å². The lowest BCUT2D eigenvalue weighted by molar-refractivity contribution is -0.202. The number of allylic oxidation sites excluding steroid dienone is 1. The maximum absolute atomic E-state index is 14.5. The van der Waals surface area contributed by atoms with Crippen molar-refractivity contribution in [1.82, 2.24) is 0 Å². The van der Waals surface area contributed by atoms with E-state index < -0.39 is 41.1 Å². The fourth-order valence-electron chi connectivity index (χ4n) is 7.65. The minimum atomic E-state index is -1.96. The molecule has 6 heteroatoms. The van der Waals surface area contributed by atoms with Crippen LogP contribution in [-0.2, 0) is 19.1 Å². The summed E-state index contributed by atoms with van der Waals surface area (Å²) in [4.78, 5) is 39.9. The Kier molecular flexibility index (Phi) is 5.23. The van der Waals surface area contributed by atoms with E-state index in [2.05, 4.69) is 13.8 Å². The monoisotopic (exact) mass is 478 g/mol. The van der Waals surface area contributed by atoms with E-state index in [0.717, 1.165) is 6.42 Å². The lowest BCUT2D eigenvalue weighted by Gasteiger charge is -2.49. The van der Waals surface area contributed by atoms with Crippen LogP contribution in [0.1, 0.15) is 58.3 Å². The molecule has 0 amide bonds. The third-order valence-corrected chi connectivity index (χ3v) is 9.33. The third-order valence-electron chi connectivity index (χ3n) is 9.33. The zero-order valence-corrected chi connectivity index (χ0v) is 21.2. The zero-order chi connectivity index (χ0) is 25.5. The van der Waals surface area contributed by atoms with E-state index >= 15 is 0 Å². The second-order valence-electron chi connectivity index (χ2n) is 11.6. The molecule has 0 unspecified atom stereocenters. The molecule has 35 heavy (non-hydrogen) atoms. The molecule has 0 saturated heterocycles. The highest BCUT2D eigenvalue weighted by atomic mass is 16.6. The summed E-state index contributed by atoms with van der Waals surface area (Å²) in [6, 6.07) is 8.58. The Morgan fingerprint density at radius 2 is 1.66 bits per heavy atom. The normalized spacial score (nSPS) is 40.8. The van der Waals surface area contributed by atoms with Gasteiger partial charge in [-0.1, -0.05) is 51.1 Å². The highest BCUT2D eigenvalue weighted by molar-refractivity contribution is 5.96. The first-order valence-corrected chi connectivity index (χ1v) is 12.4. The number of benzene rings is 1. The fourth-order valence-corrected chi connectivity index (χ4v) is 7.65. The molecular weight excluding hydrogens is 444 g/mol. The number of ketones is 1. The van der Waals surface area contributed by atoms with Gasteiger partial charge in [-0.15, -0.1) is 0 Å². The van der Waals surface area contributed by atoms with Gasteiger partial charge in [-0.2, -0.15) is 0 Å². The van der Waals surface area contributed by atoms with Gasteiger partial charge in [0.1, 0.15) is 0 Å².